The summed E-state index contributed by atoms with van der Waals surface area (Å²) in [5.41, 5.74) is -0.171. The summed E-state index contributed by atoms with van der Waals surface area (Å²) in [5, 5.41) is 14.3. The molecule has 5 nitrogen and oxygen atoms in total. The Balaban J connectivity index is 2.05. The SMILES string of the molecule is CC(C)(C(=O)Nc1cccc(C#N)c1)C(=O)NC1CC1. The normalized spacial score (nSPS) is 14.2. The molecule has 1 aromatic carbocycles. The highest BCUT2D eigenvalue weighted by molar-refractivity contribution is 6.10. The van der Waals surface area contributed by atoms with Crippen molar-refractivity contribution in [2.75, 3.05) is 5.32 Å². The molecule has 2 amide bonds. The van der Waals surface area contributed by atoms with Crippen molar-refractivity contribution < 1.29 is 9.59 Å². The fourth-order valence-corrected chi connectivity index (χ4v) is 1.65. The lowest BCUT2D eigenvalue weighted by Gasteiger charge is -2.22. The second kappa shape index (κ2) is 5.33. The number of carbonyl (C=O) groups excluding carboxylic acids is 2. The van der Waals surface area contributed by atoms with E-state index >= 15 is 0 Å². The van der Waals surface area contributed by atoms with Crippen LogP contribution in [-0.2, 0) is 9.59 Å². The van der Waals surface area contributed by atoms with Crippen LogP contribution in [0.3, 0.4) is 0 Å². The Labute approximate surface area is 118 Å². The maximum Gasteiger partial charge on any atom is 0.239 e. The number of nitrogens with one attached hydrogen (secondary N) is 2. The molecule has 0 unspecified atom stereocenters. The summed E-state index contributed by atoms with van der Waals surface area (Å²) in [6.07, 6.45) is 1.96. The van der Waals surface area contributed by atoms with Crippen LogP contribution in [0.15, 0.2) is 24.3 Å². The van der Waals surface area contributed by atoms with Gasteiger partial charge in [0, 0.05) is 11.7 Å². The molecule has 1 aliphatic rings. The molecule has 0 aliphatic heterocycles. The van der Waals surface area contributed by atoms with Crippen molar-refractivity contribution in [3.63, 3.8) is 0 Å². The van der Waals surface area contributed by atoms with Gasteiger partial charge in [0.05, 0.1) is 11.6 Å². The van der Waals surface area contributed by atoms with E-state index in [0.29, 0.717) is 11.3 Å². The average Bonchev–Trinajstić information content (AvgIpc) is 3.22. The topological polar surface area (TPSA) is 82.0 Å². The number of anilines is 1. The number of carbonyl (C=O) groups is 2. The molecule has 5 heteroatoms. The molecular weight excluding hydrogens is 254 g/mol. The Morgan fingerprint density at radius 1 is 1.30 bits per heavy atom. The van der Waals surface area contributed by atoms with E-state index in [1.807, 2.05) is 6.07 Å². The molecule has 20 heavy (non-hydrogen) atoms. The van der Waals surface area contributed by atoms with Crippen molar-refractivity contribution in [3.05, 3.63) is 29.8 Å². The molecule has 0 bridgehead atoms. The third-order valence-corrected chi connectivity index (χ3v) is 3.30. The van der Waals surface area contributed by atoms with E-state index in [-0.39, 0.29) is 17.9 Å². The summed E-state index contributed by atoms with van der Waals surface area (Å²) in [5.74, 6) is -0.653. The highest BCUT2D eigenvalue weighted by Gasteiger charge is 2.38. The van der Waals surface area contributed by atoms with Crippen molar-refractivity contribution in [3.8, 4) is 6.07 Å². The van der Waals surface area contributed by atoms with Crippen LogP contribution in [0.4, 0.5) is 5.69 Å². The van der Waals surface area contributed by atoms with Gasteiger partial charge in [0.15, 0.2) is 0 Å². The van der Waals surface area contributed by atoms with Crippen molar-refractivity contribution in [2.24, 2.45) is 5.41 Å². The molecule has 2 rings (SSSR count). The first-order valence-electron chi connectivity index (χ1n) is 6.56. The lowest BCUT2D eigenvalue weighted by atomic mass is 9.91. The lowest BCUT2D eigenvalue weighted by Crippen LogP contribution is -2.45. The third-order valence-electron chi connectivity index (χ3n) is 3.30. The minimum atomic E-state index is -1.15. The quantitative estimate of drug-likeness (QED) is 0.819. The van der Waals surface area contributed by atoms with Crippen LogP contribution in [0.25, 0.3) is 0 Å². The first-order valence-corrected chi connectivity index (χ1v) is 6.56. The molecule has 2 N–H and O–H groups in total. The van der Waals surface area contributed by atoms with E-state index in [4.69, 9.17) is 5.26 Å². The Hall–Kier alpha value is -2.35. The number of amides is 2. The van der Waals surface area contributed by atoms with Crippen LogP contribution in [0.2, 0.25) is 0 Å². The molecule has 0 atom stereocenters. The Morgan fingerprint density at radius 2 is 2.00 bits per heavy atom. The summed E-state index contributed by atoms with van der Waals surface area (Å²) in [6, 6.07) is 8.83. The van der Waals surface area contributed by atoms with Crippen LogP contribution in [0, 0.1) is 16.7 Å². The van der Waals surface area contributed by atoms with Crippen molar-refractivity contribution in [1.82, 2.24) is 5.32 Å². The number of nitriles is 1. The minimum Gasteiger partial charge on any atom is -0.352 e. The highest BCUT2D eigenvalue weighted by Crippen LogP contribution is 2.24. The molecule has 104 valence electrons. The summed E-state index contributed by atoms with van der Waals surface area (Å²) in [7, 11) is 0. The van der Waals surface area contributed by atoms with E-state index in [1.54, 1.807) is 38.1 Å². The Bertz CT molecular complexity index is 583. The molecule has 1 saturated carbocycles. The van der Waals surface area contributed by atoms with E-state index in [9.17, 15) is 9.59 Å². The molecule has 0 radical (unpaired) electrons. The molecule has 1 aliphatic carbocycles. The summed E-state index contributed by atoms with van der Waals surface area (Å²) < 4.78 is 0. The summed E-state index contributed by atoms with van der Waals surface area (Å²) >= 11 is 0. The van der Waals surface area contributed by atoms with Gasteiger partial charge in [-0.2, -0.15) is 5.26 Å². The van der Waals surface area contributed by atoms with Crippen molar-refractivity contribution in [2.45, 2.75) is 32.7 Å². The molecule has 0 spiro atoms. The van der Waals surface area contributed by atoms with Gasteiger partial charge in [0.1, 0.15) is 5.41 Å². The van der Waals surface area contributed by atoms with Gasteiger partial charge in [-0.1, -0.05) is 6.07 Å². The maximum absolute atomic E-state index is 12.2. The van der Waals surface area contributed by atoms with Crippen LogP contribution in [0.1, 0.15) is 32.3 Å². The van der Waals surface area contributed by atoms with Gasteiger partial charge in [-0.05, 0) is 44.9 Å². The number of benzene rings is 1. The second-order valence-electron chi connectivity index (χ2n) is 5.52. The first kappa shape index (κ1) is 14.1. The zero-order chi connectivity index (χ0) is 14.8. The smallest absolute Gasteiger partial charge is 0.239 e. The Morgan fingerprint density at radius 3 is 2.60 bits per heavy atom. The monoisotopic (exact) mass is 271 g/mol. The first-order chi connectivity index (χ1) is 9.43. The van der Waals surface area contributed by atoms with Gasteiger partial charge in [0.2, 0.25) is 11.8 Å². The summed E-state index contributed by atoms with van der Waals surface area (Å²) in [4.78, 5) is 24.3. The molecule has 0 aromatic heterocycles. The van der Waals surface area contributed by atoms with Crippen LogP contribution < -0.4 is 10.6 Å². The van der Waals surface area contributed by atoms with Gasteiger partial charge in [-0.3, -0.25) is 9.59 Å². The van der Waals surface area contributed by atoms with Crippen LogP contribution in [0.5, 0.6) is 0 Å². The van der Waals surface area contributed by atoms with Gasteiger partial charge in [-0.25, -0.2) is 0 Å². The zero-order valence-electron chi connectivity index (χ0n) is 11.6. The Kier molecular flexibility index (Phi) is 3.75. The minimum absolute atomic E-state index is 0.219. The third kappa shape index (κ3) is 3.15. The van der Waals surface area contributed by atoms with E-state index in [1.165, 1.54) is 0 Å². The molecular formula is C15H17N3O2. The maximum atomic E-state index is 12.2. The number of nitrogens with zero attached hydrogens (tertiary/aromatic N) is 1. The molecule has 1 aromatic rings. The average molecular weight is 271 g/mol. The van der Waals surface area contributed by atoms with Crippen molar-refractivity contribution in [1.29, 1.82) is 5.26 Å². The standard InChI is InChI=1S/C15H17N3O2/c1-15(2,13(19)17-11-6-7-11)14(20)18-12-5-3-4-10(8-12)9-16/h3-5,8,11H,6-7H2,1-2H3,(H,17,19)(H,18,20). The number of hydrogen-bond donors (Lipinski definition) is 2. The van der Waals surface area contributed by atoms with E-state index in [2.05, 4.69) is 10.6 Å². The van der Waals surface area contributed by atoms with Crippen LogP contribution >= 0.6 is 0 Å². The lowest BCUT2D eigenvalue weighted by molar-refractivity contribution is -0.138. The zero-order valence-corrected chi connectivity index (χ0v) is 11.6. The summed E-state index contributed by atoms with van der Waals surface area (Å²) in [6.45, 7) is 3.18. The van der Waals surface area contributed by atoms with E-state index in [0.717, 1.165) is 12.8 Å². The largest absolute Gasteiger partial charge is 0.352 e. The predicted octanol–water partition coefficient (Wildman–Crippen LogP) is 1.80. The van der Waals surface area contributed by atoms with Gasteiger partial charge in [-0.15, -0.1) is 0 Å². The van der Waals surface area contributed by atoms with Gasteiger partial charge < -0.3 is 10.6 Å². The fraction of sp³-hybridized carbons (Fsp3) is 0.400. The van der Waals surface area contributed by atoms with E-state index < -0.39 is 5.41 Å². The van der Waals surface area contributed by atoms with Gasteiger partial charge >= 0.3 is 0 Å². The van der Waals surface area contributed by atoms with Crippen LogP contribution in [-0.4, -0.2) is 17.9 Å². The molecule has 0 saturated heterocycles. The number of hydrogen-bond acceptors (Lipinski definition) is 3. The highest BCUT2D eigenvalue weighted by atomic mass is 16.2. The fourth-order valence-electron chi connectivity index (χ4n) is 1.65. The molecule has 0 heterocycles. The number of rotatable bonds is 4. The second-order valence-corrected chi connectivity index (χ2v) is 5.52. The molecule has 1 fully saturated rings. The van der Waals surface area contributed by atoms with Crippen molar-refractivity contribution >= 4 is 17.5 Å². The predicted molar refractivity (Wildman–Crippen MR) is 74.7 cm³/mol. The van der Waals surface area contributed by atoms with Gasteiger partial charge in [0.25, 0.3) is 0 Å².